The second-order valence-electron chi connectivity index (χ2n) is 10.3. The van der Waals surface area contributed by atoms with Gasteiger partial charge in [0.15, 0.2) is 5.78 Å². The number of nitrogens with zero attached hydrogens (tertiary/aromatic N) is 1. The zero-order chi connectivity index (χ0) is 28.7. The fourth-order valence-electron chi connectivity index (χ4n) is 5.49. The third kappa shape index (κ3) is 6.68. The molecular formula is C31H41NO7. The molecule has 212 valence electrons. The van der Waals surface area contributed by atoms with Gasteiger partial charge in [-0.3, -0.25) is 14.4 Å². The van der Waals surface area contributed by atoms with Gasteiger partial charge in [0, 0.05) is 25.5 Å². The monoisotopic (exact) mass is 539 g/mol. The normalized spacial score (nSPS) is 19.1. The van der Waals surface area contributed by atoms with Crippen LogP contribution in [-0.2, 0) is 25.7 Å². The number of rotatable bonds is 14. The van der Waals surface area contributed by atoms with Gasteiger partial charge >= 0.3 is 0 Å². The molecule has 8 nitrogen and oxygen atoms in total. The molecule has 8 heteroatoms. The molecule has 1 saturated carbocycles. The maximum atomic E-state index is 13.9. The first kappa shape index (κ1) is 30.3. The highest BCUT2D eigenvalue weighted by Crippen LogP contribution is 2.47. The molecule has 0 bridgehead atoms. The van der Waals surface area contributed by atoms with Crippen molar-refractivity contribution in [1.82, 2.24) is 4.90 Å². The first-order valence-corrected chi connectivity index (χ1v) is 13.3. The lowest BCUT2D eigenvalue weighted by Crippen LogP contribution is -2.50. The summed E-state index contributed by atoms with van der Waals surface area (Å²) >= 11 is 0. The van der Waals surface area contributed by atoms with Gasteiger partial charge in [-0.25, -0.2) is 0 Å². The number of carbonyl (C=O) groups is 3. The van der Waals surface area contributed by atoms with E-state index in [9.17, 15) is 14.4 Å². The third-order valence-corrected chi connectivity index (χ3v) is 7.94. The van der Waals surface area contributed by atoms with Crippen molar-refractivity contribution >= 4 is 17.5 Å². The molecule has 0 spiro atoms. The van der Waals surface area contributed by atoms with E-state index in [4.69, 9.17) is 18.9 Å². The van der Waals surface area contributed by atoms with Gasteiger partial charge in [0.1, 0.15) is 22.8 Å². The molecule has 0 saturated heterocycles. The van der Waals surface area contributed by atoms with Crippen LogP contribution >= 0.6 is 0 Å². The maximum absolute atomic E-state index is 13.9. The van der Waals surface area contributed by atoms with E-state index in [1.165, 1.54) is 21.1 Å². The van der Waals surface area contributed by atoms with Crippen LogP contribution in [-0.4, -0.2) is 63.0 Å². The highest BCUT2D eigenvalue weighted by molar-refractivity contribution is 6.00. The van der Waals surface area contributed by atoms with Gasteiger partial charge in [0.25, 0.3) is 0 Å². The van der Waals surface area contributed by atoms with E-state index in [-0.39, 0.29) is 30.0 Å². The van der Waals surface area contributed by atoms with Gasteiger partial charge in [0.2, 0.25) is 5.91 Å². The zero-order valence-electron chi connectivity index (χ0n) is 24.2. The van der Waals surface area contributed by atoms with Crippen LogP contribution < -0.4 is 9.47 Å². The second kappa shape index (κ2) is 13.2. The number of hydrogen-bond acceptors (Lipinski definition) is 7. The summed E-state index contributed by atoms with van der Waals surface area (Å²) in [5.74, 6) is 0.514. The topological polar surface area (TPSA) is 91.4 Å². The summed E-state index contributed by atoms with van der Waals surface area (Å²) < 4.78 is 22.5. The summed E-state index contributed by atoms with van der Waals surface area (Å²) in [4.78, 5) is 40.7. The smallest absolute Gasteiger partial charge is 0.224 e. The standard InChI is InChI=1S/C31H41NO7/c1-20-26(15-27(37-6)29(22(3)33)30(20)38-7)21(2)32(13-14-39-19-24-11-9-8-10-12-24)28(35)18-31(23(4)34)16-25(17-31)36-5/h8-12,15,21,25H,13-14,16-19H2,1-7H3. The molecule has 2 aromatic carbocycles. The fraction of sp³-hybridized carbons (Fsp3) is 0.516. The van der Waals surface area contributed by atoms with Crippen molar-refractivity contribution < 1.29 is 33.3 Å². The Morgan fingerprint density at radius 1 is 1.05 bits per heavy atom. The van der Waals surface area contributed by atoms with Gasteiger partial charge in [-0.2, -0.15) is 0 Å². The SMILES string of the molecule is COc1cc(C(C)N(CCOCc2ccccc2)C(=O)CC2(C(C)=O)CC(OC)C2)c(C)c(OC)c1C(C)=O. The number of Topliss-reactive ketones (excluding diaryl/α,β-unsaturated/α-hetero) is 2. The fourth-order valence-corrected chi connectivity index (χ4v) is 5.49. The van der Waals surface area contributed by atoms with E-state index in [2.05, 4.69) is 0 Å². The average molecular weight is 540 g/mol. The molecule has 1 fully saturated rings. The molecule has 0 aromatic heterocycles. The number of benzene rings is 2. The van der Waals surface area contributed by atoms with Crippen LogP contribution in [0.25, 0.3) is 0 Å². The summed E-state index contributed by atoms with van der Waals surface area (Å²) in [7, 11) is 4.65. The Balaban J connectivity index is 1.91. The quantitative estimate of drug-likeness (QED) is 0.244. The molecule has 0 aliphatic heterocycles. The number of hydrogen-bond donors (Lipinski definition) is 0. The van der Waals surface area contributed by atoms with Crippen LogP contribution in [0.5, 0.6) is 11.5 Å². The van der Waals surface area contributed by atoms with Gasteiger partial charge in [0.05, 0.1) is 39.6 Å². The molecule has 2 aromatic rings. The molecule has 0 heterocycles. The predicted octanol–water partition coefficient (Wildman–Crippen LogP) is 5.10. The summed E-state index contributed by atoms with van der Waals surface area (Å²) in [6.07, 6.45) is 1.15. The van der Waals surface area contributed by atoms with Crippen LogP contribution in [0.4, 0.5) is 0 Å². The molecule has 3 rings (SSSR count). The molecule has 1 aliphatic carbocycles. The van der Waals surface area contributed by atoms with Crippen LogP contribution in [0.15, 0.2) is 36.4 Å². The first-order valence-electron chi connectivity index (χ1n) is 13.3. The Labute approximate surface area is 231 Å². The summed E-state index contributed by atoms with van der Waals surface area (Å²) in [5, 5.41) is 0. The molecule has 0 N–H and O–H groups in total. The van der Waals surface area contributed by atoms with Crippen LogP contribution in [0.3, 0.4) is 0 Å². The number of ether oxygens (including phenoxy) is 4. The van der Waals surface area contributed by atoms with Crippen molar-refractivity contribution in [3.05, 3.63) is 58.7 Å². The van der Waals surface area contributed by atoms with Crippen molar-refractivity contribution in [2.45, 2.75) is 65.7 Å². The minimum Gasteiger partial charge on any atom is -0.496 e. The van der Waals surface area contributed by atoms with E-state index in [1.54, 1.807) is 25.0 Å². The Morgan fingerprint density at radius 2 is 1.72 bits per heavy atom. The molecule has 1 amide bonds. The molecule has 1 unspecified atom stereocenters. The van der Waals surface area contributed by atoms with E-state index in [0.717, 1.165) is 16.7 Å². The van der Waals surface area contributed by atoms with E-state index >= 15 is 0 Å². The maximum Gasteiger partial charge on any atom is 0.224 e. The lowest BCUT2D eigenvalue weighted by atomic mass is 9.62. The summed E-state index contributed by atoms with van der Waals surface area (Å²) in [6.45, 7) is 7.90. The summed E-state index contributed by atoms with van der Waals surface area (Å²) in [5.41, 5.74) is 2.25. The Hall–Kier alpha value is -3.23. The van der Waals surface area contributed by atoms with Gasteiger partial charge in [-0.1, -0.05) is 30.3 Å². The van der Waals surface area contributed by atoms with Gasteiger partial charge < -0.3 is 23.8 Å². The molecule has 39 heavy (non-hydrogen) atoms. The van der Waals surface area contributed by atoms with Crippen molar-refractivity contribution in [2.24, 2.45) is 5.41 Å². The number of methoxy groups -OCH3 is 3. The van der Waals surface area contributed by atoms with E-state index in [1.807, 2.05) is 44.2 Å². The van der Waals surface area contributed by atoms with Crippen molar-refractivity contribution in [3.63, 3.8) is 0 Å². The average Bonchev–Trinajstić information content (AvgIpc) is 2.89. The third-order valence-electron chi connectivity index (χ3n) is 7.94. The van der Waals surface area contributed by atoms with Crippen LogP contribution in [0.2, 0.25) is 0 Å². The number of amides is 1. The van der Waals surface area contributed by atoms with Crippen molar-refractivity contribution in [3.8, 4) is 11.5 Å². The molecular weight excluding hydrogens is 498 g/mol. The lowest BCUT2D eigenvalue weighted by Gasteiger charge is -2.46. The zero-order valence-corrected chi connectivity index (χ0v) is 24.2. The predicted molar refractivity (Wildman–Crippen MR) is 148 cm³/mol. The number of carbonyl (C=O) groups excluding carboxylic acids is 3. The largest absolute Gasteiger partial charge is 0.496 e. The Morgan fingerprint density at radius 3 is 2.26 bits per heavy atom. The summed E-state index contributed by atoms with van der Waals surface area (Å²) in [6, 6.07) is 11.2. The van der Waals surface area contributed by atoms with Crippen molar-refractivity contribution in [2.75, 3.05) is 34.5 Å². The molecule has 1 atom stereocenters. The van der Waals surface area contributed by atoms with E-state index in [0.29, 0.717) is 49.7 Å². The number of ketones is 2. The van der Waals surface area contributed by atoms with Crippen LogP contribution in [0, 0.1) is 12.3 Å². The molecule has 0 radical (unpaired) electrons. The van der Waals surface area contributed by atoms with Crippen molar-refractivity contribution in [1.29, 1.82) is 0 Å². The second-order valence-corrected chi connectivity index (χ2v) is 10.3. The van der Waals surface area contributed by atoms with Gasteiger partial charge in [-0.15, -0.1) is 0 Å². The minimum absolute atomic E-state index is 0.00223. The molecule has 1 aliphatic rings. The van der Waals surface area contributed by atoms with E-state index < -0.39 is 11.5 Å². The highest BCUT2D eigenvalue weighted by atomic mass is 16.5. The van der Waals surface area contributed by atoms with Crippen LogP contribution in [0.1, 0.15) is 73.1 Å². The first-order chi connectivity index (χ1) is 18.6. The minimum atomic E-state index is -0.719. The highest BCUT2D eigenvalue weighted by Gasteiger charge is 2.50. The Kier molecular flexibility index (Phi) is 10.3. The Bertz CT molecular complexity index is 1170. The van der Waals surface area contributed by atoms with Gasteiger partial charge in [-0.05, 0) is 63.3 Å². The lowest BCUT2D eigenvalue weighted by molar-refractivity contribution is -0.153.